The van der Waals surface area contributed by atoms with Crippen LogP contribution >= 0.6 is 0 Å². The smallest absolute Gasteiger partial charge is 0.240 e. The highest BCUT2D eigenvalue weighted by Gasteiger charge is 2.12. The number of amides is 1. The van der Waals surface area contributed by atoms with E-state index in [9.17, 15) is 9.59 Å². The number of carbonyl (C=O) groups is 2. The zero-order valence-corrected chi connectivity index (χ0v) is 13.3. The molecule has 0 spiro atoms. The Balaban J connectivity index is 2.30. The van der Waals surface area contributed by atoms with Crippen molar-refractivity contribution >= 4 is 23.1 Å². The monoisotopic (exact) mass is 302 g/mol. The van der Waals surface area contributed by atoms with Crippen molar-refractivity contribution in [3.05, 3.63) is 30.0 Å². The number of hydrogen-bond donors (Lipinski definition) is 1. The van der Waals surface area contributed by atoms with Crippen LogP contribution in [0.1, 0.15) is 37.6 Å². The van der Waals surface area contributed by atoms with E-state index in [4.69, 9.17) is 4.74 Å². The topological polar surface area (TPSA) is 60.3 Å². The lowest BCUT2D eigenvalue weighted by Gasteiger charge is -2.12. The predicted octanol–water partition coefficient (Wildman–Crippen LogP) is 2.77. The summed E-state index contributed by atoms with van der Waals surface area (Å²) in [5.41, 5.74) is 1.41. The van der Waals surface area contributed by atoms with E-state index in [2.05, 4.69) is 5.32 Å². The first-order valence-corrected chi connectivity index (χ1v) is 7.59. The molecule has 22 heavy (non-hydrogen) atoms. The van der Waals surface area contributed by atoms with Gasteiger partial charge in [-0.25, -0.2) is 0 Å². The molecule has 0 bridgehead atoms. The second kappa shape index (κ2) is 7.11. The van der Waals surface area contributed by atoms with E-state index in [-0.39, 0.29) is 18.5 Å². The van der Waals surface area contributed by atoms with Gasteiger partial charge in [0.2, 0.25) is 5.91 Å². The third-order valence-electron chi connectivity index (χ3n) is 3.66. The van der Waals surface area contributed by atoms with E-state index >= 15 is 0 Å². The molecule has 1 aromatic carbocycles. The van der Waals surface area contributed by atoms with Crippen LogP contribution in [0.25, 0.3) is 10.9 Å². The number of nitrogens with one attached hydrogen (secondary N) is 1. The standard InChI is InChI=1S/C17H22N2O3/c1-4-12(3)18-17(21)10-19-9-13(11-20)15-8-14(22-5-2)6-7-16(15)19/h6-9,11-12H,4-5,10H2,1-3H3,(H,18,21). The minimum absolute atomic E-state index is 0.0578. The Labute approximate surface area is 130 Å². The van der Waals surface area contributed by atoms with Crippen LogP contribution in [0.4, 0.5) is 0 Å². The summed E-state index contributed by atoms with van der Waals surface area (Å²) in [5, 5.41) is 3.73. The third-order valence-corrected chi connectivity index (χ3v) is 3.66. The summed E-state index contributed by atoms with van der Waals surface area (Å²) in [6.45, 7) is 6.67. The third kappa shape index (κ3) is 3.47. The Morgan fingerprint density at radius 2 is 2.18 bits per heavy atom. The van der Waals surface area contributed by atoms with Crippen molar-refractivity contribution in [2.24, 2.45) is 0 Å². The summed E-state index contributed by atoms with van der Waals surface area (Å²) in [4.78, 5) is 23.3. The van der Waals surface area contributed by atoms with Crippen LogP contribution in [0.15, 0.2) is 24.4 Å². The molecule has 5 nitrogen and oxygen atoms in total. The van der Waals surface area contributed by atoms with E-state index in [1.54, 1.807) is 10.8 Å². The molecule has 1 atom stereocenters. The van der Waals surface area contributed by atoms with Crippen LogP contribution in [0.3, 0.4) is 0 Å². The lowest BCUT2D eigenvalue weighted by atomic mass is 10.2. The largest absolute Gasteiger partial charge is 0.494 e. The SMILES string of the molecule is CCOc1ccc2c(c1)c(C=O)cn2CC(=O)NC(C)CC. The maximum atomic E-state index is 12.0. The molecule has 0 aliphatic heterocycles. The zero-order valence-electron chi connectivity index (χ0n) is 13.3. The molecule has 2 aromatic rings. The number of carbonyl (C=O) groups excluding carboxylic acids is 2. The number of benzene rings is 1. The summed E-state index contributed by atoms with van der Waals surface area (Å²) < 4.78 is 7.26. The maximum absolute atomic E-state index is 12.0. The first-order valence-electron chi connectivity index (χ1n) is 7.59. The number of hydrogen-bond acceptors (Lipinski definition) is 3. The van der Waals surface area contributed by atoms with Crippen LogP contribution < -0.4 is 10.1 Å². The minimum Gasteiger partial charge on any atom is -0.494 e. The van der Waals surface area contributed by atoms with Gasteiger partial charge in [-0.2, -0.15) is 0 Å². The minimum atomic E-state index is -0.0578. The molecule has 0 aliphatic rings. The second-order valence-electron chi connectivity index (χ2n) is 5.32. The van der Waals surface area contributed by atoms with Gasteiger partial charge in [-0.3, -0.25) is 9.59 Å². The first-order chi connectivity index (χ1) is 10.6. The quantitative estimate of drug-likeness (QED) is 0.800. The molecule has 118 valence electrons. The fourth-order valence-electron chi connectivity index (χ4n) is 2.36. The molecular weight excluding hydrogens is 280 g/mol. The number of ether oxygens (including phenoxy) is 1. The summed E-state index contributed by atoms with van der Waals surface area (Å²) in [6, 6.07) is 5.71. The Hall–Kier alpha value is -2.30. The molecule has 0 saturated carbocycles. The van der Waals surface area contributed by atoms with E-state index < -0.39 is 0 Å². The molecule has 1 aromatic heterocycles. The summed E-state index contributed by atoms with van der Waals surface area (Å²) in [5.74, 6) is 0.664. The Morgan fingerprint density at radius 3 is 2.82 bits per heavy atom. The van der Waals surface area contributed by atoms with Gasteiger partial charge in [-0.1, -0.05) is 6.92 Å². The van der Waals surface area contributed by atoms with Crippen LogP contribution in [-0.2, 0) is 11.3 Å². The Morgan fingerprint density at radius 1 is 1.41 bits per heavy atom. The van der Waals surface area contributed by atoms with Crippen molar-refractivity contribution in [2.45, 2.75) is 39.8 Å². The van der Waals surface area contributed by atoms with Crippen LogP contribution in [0, 0.1) is 0 Å². The van der Waals surface area contributed by atoms with Gasteiger partial charge < -0.3 is 14.6 Å². The number of nitrogens with zero attached hydrogens (tertiary/aromatic N) is 1. The fraction of sp³-hybridized carbons (Fsp3) is 0.412. The van der Waals surface area contributed by atoms with E-state index in [1.807, 2.05) is 39.0 Å². The van der Waals surface area contributed by atoms with E-state index in [1.165, 1.54) is 0 Å². The summed E-state index contributed by atoms with van der Waals surface area (Å²) in [6.07, 6.45) is 3.40. The van der Waals surface area contributed by atoms with Gasteiger partial charge in [0.15, 0.2) is 6.29 Å². The Bertz CT molecular complexity index is 676. The van der Waals surface area contributed by atoms with E-state index in [0.717, 1.165) is 29.4 Å². The van der Waals surface area contributed by atoms with Crippen molar-refractivity contribution in [3.63, 3.8) is 0 Å². The lowest BCUT2D eigenvalue weighted by molar-refractivity contribution is -0.122. The molecule has 0 saturated heterocycles. The van der Waals surface area contributed by atoms with Gasteiger partial charge in [0.25, 0.3) is 0 Å². The fourth-order valence-corrected chi connectivity index (χ4v) is 2.36. The normalized spacial score (nSPS) is 12.1. The summed E-state index contributed by atoms with van der Waals surface area (Å²) in [7, 11) is 0. The molecule has 0 fully saturated rings. The highest BCUT2D eigenvalue weighted by atomic mass is 16.5. The average Bonchev–Trinajstić information content (AvgIpc) is 2.84. The van der Waals surface area contributed by atoms with Gasteiger partial charge in [-0.05, 0) is 38.5 Å². The van der Waals surface area contributed by atoms with Crippen molar-refractivity contribution < 1.29 is 14.3 Å². The van der Waals surface area contributed by atoms with Crippen LogP contribution in [-0.4, -0.2) is 29.4 Å². The first kappa shape index (κ1) is 16.1. The van der Waals surface area contributed by atoms with Crippen molar-refractivity contribution in [2.75, 3.05) is 6.61 Å². The number of fused-ring (bicyclic) bond motifs is 1. The molecule has 0 radical (unpaired) electrons. The molecule has 1 unspecified atom stereocenters. The van der Waals surface area contributed by atoms with Crippen molar-refractivity contribution in [3.8, 4) is 5.75 Å². The van der Waals surface area contributed by atoms with E-state index in [0.29, 0.717) is 12.2 Å². The molecule has 5 heteroatoms. The number of aldehydes is 1. The molecular formula is C17H22N2O3. The summed E-state index contributed by atoms with van der Waals surface area (Å²) >= 11 is 0. The van der Waals surface area contributed by atoms with Crippen molar-refractivity contribution in [1.29, 1.82) is 0 Å². The number of aromatic nitrogens is 1. The van der Waals surface area contributed by atoms with Crippen molar-refractivity contribution in [1.82, 2.24) is 9.88 Å². The van der Waals surface area contributed by atoms with Gasteiger partial charge in [0.05, 0.1) is 6.61 Å². The van der Waals surface area contributed by atoms with Gasteiger partial charge in [-0.15, -0.1) is 0 Å². The molecule has 0 aliphatic carbocycles. The highest BCUT2D eigenvalue weighted by Crippen LogP contribution is 2.25. The van der Waals surface area contributed by atoms with Gasteiger partial charge in [0.1, 0.15) is 12.3 Å². The Kier molecular flexibility index (Phi) is 5.20. The van der Waals surface area contributed by atoms with Gasteiger partial charge >= 0.3 is 0 Å². The lowest BCUT2D eigenvalue weighted by Crippen LogP contribution is -2.34. The molecule has 2 rings (SSSR count). The van der Waals surface area contributed by atoms with Crippen LogP contribution in [0.2, 0.25) is 0 Å². The van der Waals surface area contributed by atoms with Gasteiger partial charge in [0, 0.05) is 28.7 Å². The maximum Gasteiger partial charge on any atom is 0.240 e. The number of rotatable bonds is 7. The molecule has 1 amide bonds. The highest BCUT2D eigenvalue weighted by molar-refractivity contribution is 5.98. The molecule has 1 N–H and O–H groups in total. The second-order valence-corrected chi connectivity index (χ2v) is 5.32. The predicted molar refractivity (Wildman–Crippen MR) is 86.4 cm³/mol. The molecule has 1 heterocycles. The zero-order chi connectivity index (χ0) is 16.1. The van der Waals surface area contributed by atoms with Crippen LogP contribution in [0.5, 0.6) is 5.75 Å². The average molecular weight is 302 g/mol.